The Morgan fingerprint density at radius 2 is 2.05 bits per heavy atom. The summed E-state index contributed by atoms with van der Waals surface area (Å²) >= 11 is 3.31. The van der Waals surface area contributed by atoms with Crippen LogP contribution in [0.1, 0.15) is 19.0 Å². The van der Waals surface area contributed by atoms with Crippen molar-refractivity contribution < 1.29 is 0 Å². The van der Waals surface area contributed by atoms with Crippen molar-refractivity contribution in [3.63, 3.8) is 0 Å². The fourth-order valence-electron chi connectivity index (χ4n) is 2.33. The minimum Gasteiger partial charge on any atom is -0.304 e. The molecule has 0 fully saturated rings. The van der Waals surface area contributed by atoms with E-state index in [-0.39, 0.29) is 5.56 Å². The van der Waals surface area contributed by atoms with Gasteiger partial charge in [-0.05, 0) is 33.8 Å². The van der Waals surface area contributed by atoms with Crippen molar-refractivity contribution in [1.82, 2.24) is 15.0 Å². The van der Waals surface area contributed by atoms with Gasteiger partial charge < -0.3 is 4.98 Å². The van der Waals surface area contributed by atoms with Crippen LogP contribution in [0.4, 0.5) is 0 Å². The number of aromatic nitrogens is 3. The molecular formula is C16H14BrN3O. The highest BCUT2D eigenvalue weighted by molar-refractivity contribution is 9.10. The summed E-state index contributed by atoms with van der Waals surface area (Å²) in [6.45, 7) is 2.06. The maximum atomic E-state index is 12.1. The predicted octanol–water partition coefficient (Wildman–Crippen LogP) is 3.70. The zero-order valence-electron chi connectivity index (χ0n) is 11.6. The van der Waals surface area contributed by atoms with Crippen molar-refractivity contribution in [1.29, 1.82) is 0 Å². The second kappa shape index (κ2) is 5.77. The molecule has 5 heteroatoms. The summed E-state index contributed by atoms with van der Waals surface area (Å²) in [5.74, 6) is 0.517. The predicted molar refractivity (Wildman–Crippen MR) is 87.3 cm³/mol. The summed E-state index contributed by atoms with van der Waals surface area (Å²) in [6, 6.07) is 9.89. The summed E-state index contributed by atoms with van der Waals surface area (Å²) in [5.41, 5.74) is 1.30. The van der Waals surface area contributed by atoms with Crippen LogP contribution in [0, 0.1) is 0 Å². The molecule has 21 heavy (non-hydrogen) atoms. The van der Waals surface area contributed by atoms with Crippen molar-refractivity contribution in [2.24, 2.45) is 0 Å². The Labute approximate surface area is 130 Å². The van der Waals surface area contributed by atoms with Gasteiger partial charge >= 0.3 is 0 Å². The van der Waals surface area contributed by atoms with Crippen molar-refractivity contribution in [2.45, 2.75) is 19.8 Å². The Morgan fingerprint density at radius 1 is 1.24 bits per heavy atom. The van der Waals surface area contributed by atoms with Gasteiger partial charge in [0.05, 0.1) is 5.69 Å². The SMILES string of the molecule is CCCc1nc(-c2nccc3ccccc23)[nH]c(=O)c1Br. The summed E-state index contributed by atoms with van der Waals surface area (Å²) in [6.07, 6.45) is 3.42. The molecule has 1 aromatic carbocycles. The number of rotatable bonds is 3. The van der Waals surface area contributed by atoms with Gasteiger partial charge in [-0.3, -0.25) is 9.78 Å². The molecule has 0 unspecified atom stereocenters. The molecule has 3 aromatic rings. The van der Waals surface area contributed by atoms with E-state index in [1.54, 1.807) is 6.20 Å². The van der Waals surface area contributed by atoms with Crippen LogP contribution in [-0.2, 0) is 6.42 Å². The van der Waals surface area contributed by atoms with Crippen LogP contribution in [0.25, 0.3) is 22.3 Å². The van der Waals surface area contributed by atoms with Crippen LogP contribution < -0.4 is 5.56 Å². The minimum atomic E-state index is -0.168. The molecule has 0 saturated carbocycles. The Hall–Kier alpha value is -2.01. The van der Waals surface area contributed by atoms with Crippen LogP contribution in [0.5, 0.6) is 0 Å². The number of aryl methyl sites for hydroxylation is 1. The average Bonchev–Trinajstić information content (AvgIpc) is 2.51. The zero-order chi connectivity index (χ0) is 14.8. The van der Waals surface area contributed by atoms with Crippen molar-refractivity contribution in [3.8, 4) is 11.5 Å². The number of fused-ring (bicyclic) bond motifs is 1. The molecule has 0 spiro atoms. The largest absolute Gasteiger partial charge is 0.304 e. The highest BCUT2D eigenvalue weighted by Crippen LogP contribution is 2.24. The van der Waals surface area contributed by atoms with Gasteiger partial charge in [-0.2, -0.15) is 0 Å². The van der Waals surface area contributed by atoms with Crippen molar-refractivity contribution >= 4 is 26.7 Å². The Kier molecular flexibility index (Phi) is 3.84. The quantitative estimate of drug-likeness (QED) is 0.788. The molecule has 0 radical (unpaired) electrons. The molecule has 0 aliphatic rings. The van der Waals surface area contributed by atoms with E-state index in [1.165, 1.54) is 0 Å². The maximum Gasteiger partial charge on any atom is 0.265 e. The zero-order valence-corrected chi connectivity index (χ0v) is 13.1. The van der Waals surface area contributed by atoms with Gasteiger partial charge in [0, 0.05) is 11.6 Å². The number of pyridine rings is 1. The normalized spacial score (nSPS) is 11.0. The summed E-state index contributed by atoms with van der Waals surface area (Å²) in [4.78, 5) is 23.9. The van der Waals surface area contributed by atoms with E-state index in [4.69, 9.17) is 0 Å². The van der Waals surface area contributed by atoms with Crippen LogP contribution in [0.3, 0.4) is 0 Å². The lowest BCUT2D eigenvalue weighted by Crippen LogP contribution is -2.14. The smallest absolute Gasteiger partial charge is 0.265 e. The lowest BCUT2D eigenvalue weighted by atomic mass is 10.1. The molecule has 0 bridgehead atoms. The van der Waals surface area contributed by atoms with Gasteiger partial charge in [-0.15, -0.1) is 0 Å². The number of halogens is 1. The van der Waals surface area contributed by atoms with Gasteiger partial charge in [0.1, 0.15) is 10.2 Å². The Balaban J connectivity index is 2.26. The molecule has 0 amide bonds. The molecule has 4 nitrogen and oxygen atoms in total. The van der Waals surface area contributed by atoms with E-state index in [1.807, 2.05) is 30.3 Å². The highest BCUT2D eigenvalue weighted by atomic mass is 79.9. The van der Waals surface area contributed by atoms with Crippen LogP contribution in [0.2, 0.25) is 0 Å². The first-order valence-corrected chi connectivity index (χ1v) is 7.63. The third-order valence-corrected chi connectivity index (χ3v) is 4.13. The fourth-order valence-corrected chi connectivity index (χ4v) is 2.71. The molecule has 2 aromatic heterocycles. The number of H-pyrrole nitrogens is 1. The second-order valence-electron chi connectivity index (χ2n) is 4.81. The van der Waals surface area contributed by atoms with E-state index in [2.05, 4.69) is 37.8 Å². The number of nitrogens with one attached hydrogen (secondary N) is 1. The molecular weight excluding hydrogens is 330 g/mol. The maximum absolute atomic E-state index is 12.1. The first-order chi connectivity index (χ1) is 10.2. The number of aromatic amines is 1. The molecule has 2 heterocycles. The van der Waals surface area contributed by atoms with Crippen molar-refractivity contribution in [2.75, 3.05) is 0 Å². The minimum absolute atomic E-state index is 0.168. The number of benzene rings is 1. The highest BCUT2D eigenvalue weighted by Gasteiger charge is 2.12. The van der Waals surface area contributed by atoms with E-state index < -0.39 is 0 Å². The van der Waals surface area contributed by atoms with Crippen LogP contribution in [-0.4, -0.2) is 15.0 Å². The summed E-state index contributed by atoms with van der Waals surface area (Å²) < 4.78 is 0.508. The van der Waals surface area contributed by atoms with Crippen LogP contribution in [0.15, 0.2) is 45.8 Å². The van der Waals surface area contributed by atoms with Crippen molar-refractivity contribution in [3.05, 3.63) is 57.0 Å². The average molecular weight is 344 g/mol. The third kappa shape index (κ3) is 2.61. The molecule has 0 atom stereocenters. The standard InChI is InChI=1S/C16H14BrN3O/c1-2-5-12-13(17)16(21)20-15(19-12)14-11-7-4-3-6-10(11)8-9-18-14/h3-4,6-9H,2,5H2,1H3,(H,19,20,21). The molecule has 106 valence electrons. The molecule has 1 N–H and O–H groups in total. The van der Waals surface area contributed by atoms with E-state index in [0.29, 0.717) is 16.0 Å². The molecule has 3 rings (SSSR count). The van der Waals surface area contributed by atoms with Gasteiger partial charge in [0.15, 0.2) is 5.82 Å². The first kappa shape index (κ1) is 13.9. The third-order valence-electron chi connectivity index (χ3n) is 3.32. The monoisotopic (exact) mass is 343 g/mol. The van der Waals surface area contributed by atoms with Gasteiger partial charge in [0.2, 0.25) is 0 Å². The fraction of sp³-hybridized carbons (Fsp3) is 0.188. The van der Waals surface area contributed by atoms with E-state index >= 15 is 0 Å². The summed E-state index contributed by atoms with van der Waals surface area (Å²) in [7, 11) is 0. The molecule has 0 aliphatic heterocycles. The van der Waals surface area contributed by atoms with E-state index in [9.17, 15) is 4.79 Å². The molecule has 0 saturated heterocycles. The lowest BCUT2D eigenvalue weighted by molar-refractivity contribution is 0.860. The topological polar surface area (TPSA) is 58.6 Å². The van der Waals surface area contributed by atoms with E-state index in [0.717, 1.165) is 29.3 Å². The Bertz CT molecular complexity index is 852. The van der Waals surface area contributed by atoms with Gasteiger partial charge in [0.25, 0.3) is 5.56 Å². The Morgan fingerprint density at radius 3 is 2.86 bits per heavy atom. The first-order valence-electron chi connectivity index (χ1n) is 6.83. The number of hydrogen-bond acceptors (Lipinski definition) is 3. The second-order valence-corrected chi connectivity index (χ2v) is 5.60. The van der Waals surface area contributed by atoms with Gasteiger partial charge in [-0.1, -0.05) is 37.6 Å². The summed E-state index contributed by atoms with van der Waals surface area (Å²) in [5, 5.41) is 2.05. The number of nitrogens with zero attached hydrogens (tertiary/aromatic N) is 2. The van der Waals surface area contributed by atoms with Crippen LogP contribution >= 0.6 is 15.9 Å². The molecule has 0 aliphatic carbocycles. The number of hydrogen-bond donors (Lipinski definition) is 1. The van der Waals surface area contributed by atoms with Gasteiger partial charge in [-0.25, -0.2) is 4.98 Å². The lowest BCUT2D eigenvalue weighted by Gasteiger charge is -2.08.